The summed E-state index contributed by atoms with van der Waals surface area (Å²) in [5.41, 5.74) is 4.34. The van der Waals surface area contributed by atoms with E-state index in [0.29, 0.717) is 50.8 Å². The summed E-state index contributed by atoms with van der Waals surface area (Å²) in [5, 5.41) is 18.4. The number of cyclic esters (lactones) is 1. The molecule has 1 aromatic carbocycles. The molecule has 3 heterocycles. The number of hydrogen-bond donors (Lipinski definition) is 4. The number of aromatic nitrogens is 1. The van der Waals surface area contributed by atoms with Gasteiger partial charge in [0.05, 0.1) is 28.8 Å². The molecule has 2 aliphatic heterocycles. The van der Waals surface area contributed by atoms with Crippen LogP contribution in [0.25, 0.3) is 17.0 Å². The molecule has 2 saturated carbocycles. The third-order valence-corrected chi connectivity index (χ3v) is 9.43. The summed E-state index contributed by atoms with van der Waals surface area (Å²) in [6.07, 6.45) is 6.60. The van der Waals surface area contributed by atoms with Crippen molar-refractivity contribution in [3.63, 3.8) is 0 Å². The molecule has 2 aliphatic carbocycles. The summed E-state index contributed by atoms with van der Waals surface area (Å²) in [4.78, 5) is 58.8. The van der Waals surface area contributed by atoms with Gasteiger partial charge in [-0.2, -0.15) is 0 Å². The number of carbonyl (C=O) groups excluding carboxylic acids is 4. The molecule has 4 aliphatic rings. The summed E-state index contributed by atoms with van der Waals surface area (Å²) in [5.74, 6) is -1.71. The predicted octanol–water partition coefficient (Wildman–Crippen LogP) is 2.68. The maximum absolute atomic E-state index is 13.9. The van der Waals surface area contributed by atoms with Crippen molar-refractivity contribution in [2.24, 2.45) is 11.3 Å². The molecule has 0 radical (unpaired) electrons. The van der Waals surface area contributed by atoms with Gasteiger partial charge in [-0.25, -0.2) is 5.43 Å². The van der Waals surface area contributed by atoms with Crippen molar-refractivity contribution >= 4 is 40.7 Å². The first-order valence-corrected chi connectivity index (χ1v) is 15.8. The van der Waals surface area contributed by atoms with Crippen LogP contribution in [0, 0.1) is 11.3 Å². The number of hydrazine groups is 1. The lowest BCUT2D eigenvalue weighted by atomic mass is 9.72. The van der Waals surface area contributed by atoms with Crippen LogP contribution in [-0.2, 0) is 23.9 Å². The van der Waals surface area contributed by atoms with Gasteiger partial charge in [-0.3, -0.25) is 29.2 Å². The van der Waals surface area contributed by atoms with E-state index >= 15 is 0 Å². The Morgan fingerprint density at radius 1 is 0.932 bits per heavy atom. The Morgan fingerprint density at radius 2 is 1.66 bits per heavy atom. The second kappa shape index (κ2) is 12.3. The standard InChI is InChI=1S/C33H41N5O6/c1-19-25-10-9-22-6-5-21(18-27(22)36-25)11-14-33(15-12-24(39)13-16-33)32(43)44-28(23-7-8-23)30(41)35-20(2)31(42)38-17-3-4-26(37-38)29(40)34-19/h5-6,9-11,14,18-20,23-24,26,28,37,39H,3-4,7-8,12-13,15-17H2,1-2H3,(H,34,40)(H,35,41)/t19-,20+,24?,26+,28+,33?/m1/s1. The number of nitrogens with one attached hydrogen (secondary N) is 3. The molecule has 6 rings (SSSR count). The van der Waals surface area contributed by atoms with Gasteiger partial charge in [-0.05, 0) is 82.9 Å². The van der Waals surface area contributed by atoms with Crippen molar-refractivity contribution in [3.8, 4) is 0 Å². The Hall–Kier alpha value is -3.83. The third kappa shape index (κ3) is 6.34. The molecule has 5 bridgehead atoms. The van der Waals surface area contributed by atoms with Crippen molar-refractivity contribution in [1.82, 2.24) is 26.1 Å². The fraction of sp³-hybridized carbons (Fsp3) is 0.545. The van der Waals surface area contributed by atoms with Gasteiger partial charge in [0.2, 0.25) is 5.91 Å². The summed E-state index contributed by atoms with van der Waals surface area (Å²) >= 11 is 0. The zero-order chi connectivity index (χ0) is 31.0. The molecule has 1 aromatic heterocycles. The molecule has 4 N–H and O–H groups in total. The van der Waals surface area contributed by atoms with Crippen LogP contribution in [0.1, 0.15) is 82.5 Å². The van der Waals surface area contributed by atoms with E-state index in [1.807, 2.05) is 49.4 Å². The van der Waals surface area contributed by atoms with E-state index in [2.05, 4.69) is 16.1 Å². The van der Waals surface area contributed by atoms with Gasteiger partial charge >= 0.3 is 5.97 Å². The van der Waals surface area contributed by atoms with Gasteiger partial charge in [-0.15, -0.1) is 0 Å². The number of esters is 1. The first-order valence-electron chi connectivity index (χ1n) is 15.8. The highest BCUT2D eigenvalue weighted by Crippen LogP contribution is 2.42. The smallest absolute Gasteiger partial charge is 0.316 e. The minimum absolute atomic E-state index is 0.109. The molecule has 234 valence electrons. The number of rotatable bonds is 1. The first kappa shape index (κ1) is 30.2. The summed E-state index contributed by atoms with van der Waals surface area (Å²) in [6.45, 7) is 3.87. The van der Waals surface area contributed by atoms with E-state index in [1.165, 1.54) is 5.01 Å². The Bertz CT molecular complexity index is 1480. The fourth-order valence-corrected chi connectivity index (χ4v) is 6.42. The van der Waals surface area contributed by atoms with Crippen molar-refractivity contribution in [3.05, 3.63) is 47.7 Å². The molecule has 1 spiro atoms. The number of aliphatic hydroxyl groups is 1. The highest BCUT2D eigenvalue weighted by molar-refractivity contribution is 5.92. The van der Waals surface area contributed by atoms with E-state index < -0.39 is 41.6 Å². The van der Waals surface area contributed by atoms with Crippen LogP contribution in [0.15, 0.2) is 36.4 Å². The average molecular weight is 604 g/mol. The molecule has 3 fully saturated rings. The van der Waals surface area contributed by atoms with Crippen LogP contribution < -0.4 is 16.1 Å². The number of hydrogen-bond acceptors (Lipinski definition) is 8. The molecule has 0 unspecified atom stereocenters. The Balaban J connectivity index is 1.36. The number of fused-ring (bicyclic) bond motifs is 4. The molecule has 1 saturated heterocycles. The monoisotopic (exact) mass is 603 g/mol. The van der Waals surface area contributed by atoms with E-state index in [9.17, 15) is 24.3 Å². The van der Waals surface area contributed by atoms with E-state index in [4.69, 9.17) is 9.72 Å². The number of carbonyl (C=O) groups is 4. The molecule has 11 nitrogen and oxygen atoms in total. The fourth-order valence-electron chi connectivity index (χ4n) is 6.42. The molecule has 4 atom stereocenters. The number of benzene rings is 1. The molecule has 11 heteroatoms. The zero-order valence-corrected chi connectivity index (χ0v) is 25.3. The van der Waals surface area contributed by atoms with E-state index in [-0.39, 0.29) is 23.8 Å². The number of amides is 3. The van der Waals surface area contributed by atoms with Gasteiger partial charge in [0.25, 0.3) is 11.8 Å². The second-order valence-corrected chi connectivity index (χ2v) is 12.8. The first-order chi connectivity index (χ1) is 21.1. The second-order valence-electron chi connectivity index (χ2n) is 12.8. The number of nitrogens with zero attached hydrogens (tertiary/aromatic N) is 2. The van der Waals surface area contributed by atoms with Crippen LogP contribution in [0.3, 0.4) is 0 Å². The SMILES string of the molecule is C[C@@H]1NC(=O)[C@H](C2CC2)OC(=O)C2(C=Cc3ccc4ccc(nc4c3)[C@@H](C)NC(=O)[C@@H]3CCCN(N3)C1=O)CCC(O)CC2. The molecule has 2 aromatic rings. The van der Waals surface area contributed by atoms with Crippen LogP contribution >= 0.6 is 0 Å². The summed E-state index contributed by atoms with van der Waals surface area (Å²) < 4.78 is 5.99. The molecule has 3 amide bonds. The normalized spacial score (nSPS) is 32.3. The quantitative estimate of drug-likeness (QED) is 0.364. The molecular weight excluding hydrogens is 562 g/mol. The van der Waals surface area contributed by atoms with Crippen LogP contribution in [0.2, 0.25) is 0 Å². The van der Waals surface area contributed by atoms with Crippen LogP contribution in [0.4, 0.5) is 0 Å². The highest BCUT2D eigenvalue weighted by atomic mass is 16.6. The van der Waals surface area contributed by atoms with Gasteiger partial charge in [-0.1, -0.05) is 30.4 Å². The largest absolute Gasteiger partial charge is 0.451 e. The lowest BCUT2D eigenvalue weighted by molar-refractivity contribution is -0.167. The highest BCUT2D eigenvalue weighted by Gasteiger charge is 2.46. The average Bonchev–Trinajstić information content (AvgIpc) is 3.87. The van der Waals surface area contributed by atoms with E-state index in [1.54, 1.807) is 6.92 Å². The van der Waals surface area contributed by atoms with Crippen molar-refractivity contribution in [2.75, 3.05) is 6.54 Å². The maximum atomic E-state index is 13.9. The van der Waals surface area contributed by atoms with E-state index in [0.717, 1.165) is 29.3 Å². The minimum atomic E-state index is -1.01. The van der Waals surface area contributed by atoms with Crippen molar-refractivity contribution in [2.45, 2.75) is 95.5 Å². The Labute approximate surface area is 256 Å². The third-order valence-electron chi connectivity index (χ3n) is 9.43. The van der Waals surface area contributed by atoms with Gasteiger partial charge < -0.3 is 20.5 Å². The lowest BCUT2D eigenvalue weighted by Crippen LogP contribution is -2.61. The Morgan fingerprint density at radius 3 is 2.41 bits per heavy atom. The number of aliphatic hydroxyl groups excluding tert-OH is 1. The van der Waals surface area contributed by atoms with Gasteiger partial charge in [0.15, 0.2) is 6.10 Å². The van der Waals surface area contributed by atoms with Crippen LogP contribution in [-0.4, -0.2) is 69.6 Å². The lowest BCUT2D eigenvalue weighted by Gasteiger charge is -2.36. The summed E-state index contributed by atoms with van der Waals surface area (Å²) in [6, 6.07) is 7.83. The van der Waals surface area contributed by atoms with Crippen molar-refractivity contribution < 1.29 is 29.0 Å². The maximum Gasteiger partial charge on any atom is 0.316 e. The minimum Gasteiger partial charge on any atom is -0.451 e. The van der Waals surface area contributed by atoms with Crippen LogP contribution in [0.5, 0.6) is 0 Å². The van der Waals surface area contributed by atoms with Crippen molar-refractivity contribution in [1.29, 1.82) is 0 Å². The molecular formula is C33H41N5O6. The summed E-state index contributed by atoms with van der Waals surface area (Å²) in [7, 11) is 0. The molecule has 44 heavy (non-hydrogen) atoms. The zero-order valence-electron chi connectivity index (χ0n) is 25.3. The Kier molecular flexibility index (Phi) is 8.43. The van der Waals surface area contributed by atoms with Gasteiger partial charge in [0.1, 0.15) is 12.1 Å². The number of pyridine rings is 1. The number of ether oxygens (including phenoxy) is 1. The topological polar surface area (TPSA) is 150 Å². The van der Waals surface area contributed by atoms with Gasteiger partial charge in [0, 0.05) is 17.8 Å². The predicted molar refractivity (Wildman–Crippen MR) is 162 cm³/mol.